The summed E-state index contributed by atoms with van der Waals surface area (Å²) in [7, 11) is 1.61. The molecule has 0 aliphatic heterocycles. The zero-order valence-corrected chi connectivity index (χ0v) is 9.26. The molecule has 0 aliphatic rings. The molecule has 78 valence electrons. The lowest BCUT2D eigenvalue weighted by atomic mass is 10.1. The zero-order valence-electron chi connectivity index (χ0n) is 7.68. The Kier molecular flexibility index (Phi) is 5.72. The third kappa shape index (κ3) is 3.27. The van der Waals surface area contributed by atoms with Crippen molar-refractivity contribution in [2.24, 2.45) is 5.84 Å². The summed E-state index contributed by atoms with van der Waals surface area (Å²) in [4.78, 5) is 11.0. The molecule has 0 bridgehead atoms. The highest BCUT2D eigenvalue weighted by molar-refractivity contribution is 6.64. The first-order chi connectivity index (χ1) is 6.13. The smallest absolute Gasteiger partial charge is 0.244 e. The summed E-state index contributed by atoms with van der Waals surface area (Å²) in [5.41, 5.74) is 0.799. The van der Waals surface area contributed by atoms with E-state index < -0.39 is 11.3 Å². The van der Waals surface area contributed by atoms with Crippen LogP contribution in [0.2, 0.25) is 0 Å². The summed E-state index contributed by atoms with van der Waals surface area (Å²) in [6, 6.07) is 8.61. The quantitative estimate of drug-likeness (QED) is 0.493. The van der Waals surface area contributed by atoms with Crippen LogP contribution in [0.25, 0.3) is 0 Å². The van der Waals surface area contributed by atoms with E-state index in [4.69, 9.17) is 17.4 Å². The number of likely N-dealkylation sites (N-methyl/N-ethyl adjacent to an activating group) is 1. The highest BCUT2D eigenvalue weighted by atomic mass is 35.5. The molecule has 5 heteroatoms. The molecule has 0 saturated heterocycles. The number of hydrogen-bond donors (Lipinski definition) is 1. The van der Waals surface area contributed by atoms with Gasteiger partial charge in [0.05, 0.1) is 0 Å². The van der Waals surface area contributed by atoms with E-state index in [-0.39, 0.29) is 12.4 Å². The normalized spacial score (nSPS) is 12.0. The van der Waals surface area contributed by atoms with Crippen LogP contribution < -0.4 is 5.84 Å². The van der Waals surface area contributed by atoms with Gasteiger partial charge in [0, 0.05) is 7.05 Å². The lowest BCUT2D eigenvalue weighted by molar-refractivity contribution is -0.116. The van der Waals surface area contributed by atoms with Gasteiger partial charge in [0.25, 0.3) is 0 Å². The summed E-state index contributed by atoms with van der Waals surface area (Å²) < 4.78 is 0. The van der Waals surface area contributed by atoms with E-state index in [9.17, 15) is 4.79 Å². The van der Waals surface area contributed by atoms with Gasteiger partial charge in [0.2, 0.25) is 5.24 Å². The van der Waals surface area contributed by atoms with Crippen LogP contribution in [0.3, 0.4) is 0 Å². The van der Waals surface area contributed by atoms with E-state index in [2.05, 4.69) is 0 Å². The molecule has 3 nitrogen and oxygen atoms in total. The van der Waals surface area contributed by atoms with E-state index >= 15 is 0 Å². The number of nitrogens with two attached hydrogens (primary N) is 1. The number of nitrogens with zero attached hydrogens (tertiary/aromatic N) is 1. The summed E-state index contributed by atoms with van der Waals surface area (Å²) in [6.45, 7) is 0. The lowest BCUT2D eigenvalue weighted by Crippen LogP contribution is -2.34. The third-order valence-electron chi connectivity index (χ3n) is 1.74. The predicted molar refractivity (Wildman–Crippen MR) is 59.2 cm³/mol. The molecule has 0 amide bonds. The lowest BCUT2D eigenvalue weighted by Gasteiger charge is -2.19. The predicted octanol–water partition coefficient (Wildman–Crippen LogP) is 1.72. The van der Waals surface area contributed by atoms with Gasteiger partial charge in [0.15, 0.2) is 0 Å². The maximum absolute atomic E-state index is 11.0. The largest absolute Gasteiger partial charge is 0.279 e. The second-order valence-electron chi connectivity index (χ2n) is 2.78. The Labute approximate surface area is 94.2 Å². The minimum Gasteiger partial charge on any atom is -0.279 e. The highest BCUT2D eigenvalue weighted by Gasteiger charge is 2.20. The van der Waals surface area contributed by atoms with Gasteiger partial charge in [-0.25, -0.2) is 5.01 Å². The standard InChI is InChI=1S/C9H11ClN2O.ClH/c1-12(11)8(9(10)13)7-5-3-2-4-6-7;/h2-6,8H,11H2,1H3;1H/t8-;/m1./s1. The van der Waals surface area contributed by atoms with Crippen molar-refractivity contribution in [3.63, 3.8) is 0 Å². The molecular formula is C9H12Cl2N2O. The van der Waals surface area contributed by atoms with Crippen LogP contribution in [0.15, 0.2) is 30.3 Å². The van der Waals surface area contributed by atoms with Crippen LogP contribution in [0.4, 0.5) is 0 Å². The number of benzene rings is 1. The minimum atomic E-state index is -0.567. The first-order valence-corrected chi connectivity index (χ1v) is 4.22. The number of halogens is 2. The molecule has 1 rings (SSSR count). The fourth-order valence-corrected chi connectivity index (χ4v) is 1.44. The second kappa shape index (κ2) is 5.98. The molecule has 0 heterocycles. The molecule has 0 radical (unpaired) electrons. The summed E-state index contributed by atoms with van der Waals surface area (Å²) in [6.07, 6.45) is 0. The van der Waals surface area contributed by atoms with Gasteiger partial charge in [-0.15, -0.1) is 12.4 Å². The van der Waals surface area contributed by atoms with Gasteiger partial charge in [-0.1, -0.05) is 30.3 Å². The Morgan fingerprint density at radius 1 is 1.43 bits per heavy atom. The van der Waals surface area contributed by atoms with Gasteiger partial charge in [-0.3, -0.25) is 10.6 Å². The summed E-state index contributed by atoms with van der Waals surface area (Å²) in [5.74, 6) is 5.50. The highest BCUT2D eigenvalue weighted by Crippen LogP contribution is 2.18. The SMILES string of the molecule is CN(N)[C@@H](C(=O)Cl)c1ccccc1.Cl. The molecule has 14 heavy (non-hydrogen) atoms. The van der Waals surface area contributed by atoms with Gasteiger partial charge in [-0.2, -0.15) is 0 Å². The average molecular weight is 235 g/mol. The van der Waals surface area contributed by atoms with E-state index in [1.54, 1.807) is 7.05 Å². The van der Waals surface area contributed by atoms with Crippen LogP contribution in [0.5, 0.6) is 0 Å². The number of carbonyl (C=O) groups excluding carboxylic acids is 1. The van der Waals surface area contributed by atoms with Gasteiger partial charge in [-0.05, 0) is 17.2 Å². The molecule has 0 aliphatic carbocycles. The number of rotatable bonds is 3. The van der Waals surface area contributed by atoms with Crippen molar-refractivity contribution >= 4 is 29.3 Å². The molecule has 0 saturated carbocycles. The maximum atomic E-state index is 11.0. The summed E-state index contributed by atoms with van der Waals surface area (Å²) in [5, 5.41) is 0.821. The minimum absolute atomic E-state index is 0. The second-order valence-corrected chi connectivity index (χ2v) is 3.16. The first kappa shape index (κ1) is 13.4. The van der Waals surface area contributed by atoms with Crippen molar-refractivity contribution in [2.75, 3.05) is 7.05 Å². The van der Waals surface area contributed by atoms with Crippen LogP contribution >= 0.6 is 24.0 Å². The Hall–Kier alpha value is -0.610. The first-order valence-electron chi connectivity index (χ1n) is 3.84. The van der Waals surface area contributed by atoms with E-state index in [1.165, 1.54) is 5.01 Å². The van der Waals surface area contributed by atoms with Gasteiger partial charge in [0.1, 0.15) is 6.04 Å². The maximum Gasteiger partial charge on any atom is 0.244 e. The Morgan fingerprint density at radius 3 is 2.29 bits per heavy atom. The van der Waals surface area contributed by atoms with E-state index in [0.29, 0.717) is 0 Å². The fourth-order valence-electron chi connectivity index (χ4n) is 1.16. The van der Waals surface area contributed by atoms with Crippen molar-refractivity contribution in [3.05, 3.63) is 35.9 Å². The number of carbonyl (C=O) groups is 1. The number of hydrogen-bond acceptors (Lipinski definition) is 3. The molecule has 0 aromatic heterocycles. The Bertz CT molecular complexity index is 290. The van der Waals surface area contributed by atoms with Gasteiger partial charge < -0.3 is 0 Å². The van der Waals surface area contributed by atoms with E-state index in [1.807, 2.05) is 30.3 Å². The monoisotopic (exact) mass is 234 g/mol. The molecule has 0 spiro atoms. The van der Waals surface area contributed by atoms with Crippen LogP contribution in [0, 0.1) is 0 Å². The molecule has 2 N–H and O–H groups in total. The molecule has 0 unspecified atom stereocenters. The third-order valence-corrected chi connectivity index (χ3v) is 1.94. The van der Waals surface area contributed by atoms with Crippen molar-refractivity contribution in [1.29, 1.82) is 0 Å². The van der Waals surface area contributed by atoms with Gasteiger partial charge >= 0.3 is 0 Å². The molecule has 1 atom stereocenters. The molecular weight excluding hydrogens is 223 g/mol. The molecule has 0 fully saturated rings. The van der Waals surface area contributed by atoms with E-state index in [0.717, 1.165) is 5.56 Å². The van der Waals surface area contributed by atoms with Crippen LogP contribution in [0.1, 0.15) is 11.6 Å². The number of hydrazine groups is 1. The topological polar surface area (TPSA) is 46.3 Å². The summed E-state index contributed by atoms with van der Waals surface area (Å²) >= 11 is 5.41. The van der Waals surface area contributed by atoms with Crippen LogP contribution in [-0.4, -0.2) is 17.3 Å². The Balaban J connectivity index is 0.00000169. The van der Waals surface area contributed by atoms with Crippen molar-refractivity contribution < 1.29 is 4.79 Å². The molecule has 1 aromatic rings. The Morgan fingerprint density at radius 2 is 1.93 bits per heavy atom. The van der Waals surface area contributed by atoms with Crippen molar-refractivity contribution in [1.82, 2.24) is 5.01 Å². The van der Waals surface area contributed by atoms with Crippen LogP contribution in [-0.2, 0) is 4.79 Å². The van der Waals surface area contributed by atoms with Crippen molar-refractivity contribution in [2.45, 2.75) is 6.04 Å². The molecule has 1 aromatic carbocycles. The zero-order chi connectivity index (χ0) is 9.84. The fraction of sp³-hybridized carbons (Fsp3) is 0.222. The average Bonchev–Trinajstić information content (AvgIpc) is 2.04. The van der Waals surface area contributed by atoms with Crippen molar-refractivity contribution in [3.8, 4) is 0 Å².